The molecular weight excluding hydrogens is 410 g/mol. The first-order valence-electron chi connectivity index (χ1n) is 13.8. The highest BCUT2D eigenvalue weighted by Gasteiger charge is 2.36. The monoisotopic (exact) mass is 462 g/mol. The molecule has 0 aromatic rings. The van der Waals surface area contributed by atoms with Gasteiger partial charge in [0.1, 0.15) is 12.7 Å². The van der Waals surface area contributed by atoms with Gasteiger partial charge in [0.2, 0.25) is 5.84 Å². The van der Waals surface area contributed by atoms with Gasteiger partial charge in [-0.1, -0.05) is 96.1 Å². The quantitative estimate of drug-likeness (QED) is 0.0948. The van der Waals surface area contributed by atoms with Crippen molar-refractivity contribution in [1.82, 2.24) is 0 Å². The first kappa shape index (κ1) is 29.6. The third-order valence-corrected chi connectivity index (χ3v) is 6.70. The number of allylic oxidation sites excluding steroid dienone is 2. The number of rotatable bonds is 23. The van der Waals surface area contributed by atoms with E-state index in [4.69, 9.17) is 5.73 Å². The van der Waals surface area contributed by atoms with Gasteiger partial charge < -0.3 is 10.8 Å². The Labute approximate surface area is 203 Å². The molecule has 0 bridgehead atoms. The number of hydrogen-bond acceptors (Lipinski definition) is 3. The van der Waals surface area contributed by atoms with E-state index in [9.17, 15) is 9.90 Å². The van der Waals surface area contributed by atoms with E-state index in [1.807, 2.05) is 6.20 Å². The Kier molecular flexibility index (Phi) is 17.9. The first-order valence-corrected chi connectivity index (χ1v) is 13.8. The summed E-state index contributed by atoms with van der Waals surface area (Å²) in [6.45, 7) is 3.39. The third-order valence-electron chi connectivity index (χ3n) is 6.70. The molecule has 33 heavy (non-hydrogen) atoms. The van der Waals surface area contributed by atoms with Crippen molar-refractivity contribution in [3.05, 3.63) is 24.6 Å². The molecule has 0 aliphatic carbocycles. The number of unbranched alkanes of at least 4 members (excludes halogenated alkanes) is 15. The molecule has 0 saturated carbocycles. The second kappa shape index (κ2) is 20.0. The molecule has 1 aliphatic rings. The summed E-state index contributed by atoms with van der Waals surface area (Å²) in [5.74, 6) is 0.165. The van der Waals surface area contributed by atoms with Crippen LogP contribution in [-0.4, -0.2) is 41.0 Å². The standard InChI is InChI=1S/C28H51N3O2/c1-2-3-4-5-6-7-8-9-10-11-12-13-14-15-16-17-18-19-20-21-27-30-23-25-31(27,24-22-29)26-28(32)33/h7-8,23,25H,2-6,9-22,24,26,29H2,1H3/p+1/b8-7+. The van der Waals surface area contributed by atoms with Crippen molar-refractivity contribution in [2.45, 2.75) is 122 Å². The van der Waals surface area contributed by atoms with Crippen LogP contribution in [0, 0.1) is 0 Å². The highest BCUT2D eigenvalue weighted by molar-refractivity contribution is 5.81. The minimum absolute atomic E-state index is 0.0440. The van der Waals surface area contributed by atoms with Crippen LogP contribution in [0.15, 0.2) is 29.5 Å². The molecule has 5 nitrogen and oxygen atoms in total. The lowest BCUT2D eigenvalue weighted by atomic mass is 10.0. The highest BCUT2D eigenvalue weighted by atomic mass is 16.4. The normalized spacial score (nSPS) is 17.8. The number of aliphatic carboxylic acids is 1. The summed E-state index contributed by atoms with van der Waals surface area (Å²) in [6, 6.07) is 0. The zero-order valence-electron chi connectivity index (χ0n) is 21.5. The van der Waals surface area contributed by atoms with Crippen LogP contribution >= 0.6 is 0 Å². The van der Waals surface area contributed by atoms with E-state index in [2.05, 4.69) is 24.1 Å². The van der Waals surface area contributed by atoms with Crippen LogP contribution in [-0.2, 0) is 4.79 Å². The minimum atomic E-state index is -0.798. The van der Waals surface area contributed by atoms with Crippen molar-refractivity contribution >= 4 is 11.8 Å². The van der Waals surface area contributed by atoms with Crippen molar-refractivity contribution in [3.63, 3.8) is 0 Å². The number of amidine groups is 1. The molecule has 0 fully saturated rings. The van der Waals surface area contributed by atoms with Gasteiger partial charge in [0.05, 0.1) is 6.20 Å². The van der Waals surface area contributed by atoms with E-state index < -0.39 is 5.97 Å². The molecule has 1 aliphatic heterocycles. The highest BCUT2D eigenvalue weighted by Crippen LogP contribution is 2.21. The van der Waals surface area contributed by atoms with Gasteiger partial charge in [0.25, 0.3) is 0 Å². The number of nitrogens with zero attached hydrogens (tertiary/aromatic N) is 2. The molecule has 1 rings (SSSR count). The lowest BCUT2D eigenvalue weighted by Gasteiger charge is -2.30. The van der Waals surface area contributed by atoms with Gasteiger partial charge in [0, 0.05) is 13.0 Å². The summed E-state index contributed by atoms with van der Waals surface area (Å²) in [7, 11) is 0. The van der Waals surface area contributed by atoms with Crippen LogP contribution in [0.5, 0.6) is 0 Å². The van der Waals surface area contributed by atoms with Crippen molar-refractivity contribution in [2.24, 2.45) is 10.7 Å². The van der Waals surface area contributed by atoms with Crippen molar-refractivity contribution in [1.29, 1.82) is 0 Å². The maximum absolute atomic E-state index is 11.3. The van der Waals surface area contributed by atoms with Crippen LogP contribution in [0.4, 0.5) is 0 Å². The molecule has 5 heteroatoms. The number of carboxylic acid groups (broad SMARTS) is 1. The van der Waals surface area contributed by atoms with E-state index in [1.54, 1.807) is 6.20 Å². The zero-order valence-corrected chi connectivity index (χ0v) is 21.5. The number of hydrogen-bond donors (Lipinski definition) is 2. The van der Waals surface area contributed by atoms with E-state index >= 15 is 0 Å². The van der Waals surface area contributed by atoms with Gasteiger partial charge in [-0.05, 0) is 32.1 Å². The van der Waals surface area contributed by atoms with Gasteiger partial charge >= 0.3 is 5.97 Å². The Morgan fingerprint density at radius 2 is 1.39 bits per heavy atom. The van der Waals surface area contributed by atoms with Crippen LogP contribution in [0.1, 0.15) is 122 Å². The lowest BCUT2D eigenvalue weighted by Crippen LogP contribution is -2.52. The summed E-state index contributed by atoms with van der Waals surface area (Å²) in [5.41, 5.74) is 5.73. The van der Waals surface area contributed by atoms with E-state index in [0.29, 0.717) is 17.6 Å². The van der Waals surface area contributed by atoms with Crippen molar-refractivity contribution in [3.8, 4) is 0 Å². The van der Waals surface area contributed by atoms with Crippen molar-refractivity contribution < 1.29 is 14.4 Å². The fraction of sp³-hybridized carbons (Fsp3) is 0.786. The summed E-state index contributed by atoms with van der Waals surface area (Å²) in [4.78, 5) is 15.7. The van der Waals surface area contributed by atoms with E-state index in [-0.39, 0.29) is 6.54 Å². The number of quaternary nitrogens is 1. The van der Waals surface area contributed by atoms with Gasteiger partial charge in [-0.3, -0.25) is 0 Å². The van der Waals surface area contributed by atoms with E-state index in [1.165, 1.54) is 103 Å². The Bertz CT molecular complexity index is 586. The molecule has 0 amide bonds. The first-order chi connectivity index (χ1) is 16.1. The Morgan fingerprint density at radius 1 is 0.879 bits per heavy atom. The fourth-order valence-corrected chi connectivity index (χ4v) is 4.69. The SMILES string of the molecule is CCCCCC/C=C/CCCCCCCCCCCCCC1=NC=C[N+]1(CCN)CC(=O)O. The van der Waals surface area contributed by atoms with Gasteiger partial charge in [-0.15, -0.1) is 0 Å². The molecule has 1 heterocycles. The predicted octanol–water partition coefficient (Wildman–Crippen LogP) is 7.33. The Hall–Kier alpha value is -1.46. The topological polar surface area (TPSA) is 75.7 Å². The predicted molar refractivity (Wildman–Crippen MR) is 141 cm³/mol. The maximum Gasteiger partial charge on any atom is 0.360 e. The summed E-state index contributed by atoms with van der Waals surface area (Å²) < 4.78 is 0.307. The van der Waals surface area contributed by atoms with Crippen molar-refractivity contribution in [2.75, 3.05) is 19.6 Å². The maximum atomic E-state index is 11.3. The number of nitrogens with two attached hydrogens (primary N) is 1. The molecule has 190 valence electrons. The third kappa shape index (κ3) is 14.4. The van der Waals surface area contributed by atoms with Crippen LogP contribution in [0.2, 0.25) is 0 Å². The van der Waals surface area contributed by atoms with Crippen LogP contribution in [0.25, 0.3) is 0 Å². The molecular formula is C28H52N3O2+. The van der Waals surface area contributed by atoms with Gasteiger partial charge in [0.15, 0.2) is 6.54 Å². The second-order valence-corrected chi connectivity index (χ2v) is 9.69. The van der Waals surface area contributed by atoms with Crippen LogP contribution in [0.3, 0.4) is 0 Å². The largest absolute Gasteiger partial charge is 0.477 e. The number of carboxylic acids is 1. The molecule has 0 aromatic heterocycles. The number of aliphatic imine (C=N–C) groups is 1. The smallest absolute Gasteiger partial charge is 0.360 e. The summed E-state index contributed by atoms with van der Waals surface area (Å²) >= 11 is 0. The zero-order chi connectivity index (χ0) is 24.0. The summed E-state index contributed by atoms with van der Waals surface area (Å²) in [5, 5.41) is 9.27. The molecule has 0 aromatic carbocycles. The van der Waals surface area contributed by atoms with Gasteiger partial charge in [-0.25, -0.2) is 14.3 Å². The fourth-order valence-electron chi connectivity index (χ4n) is 4.69. The van der Waals surface area contributed by atoms with E-state index in [0.717, 1.165) is 18.7 Å². The molecule has 1 atom stereocenters. The average molecular weight is 463 g/mol. The molecule has 0 spiro atoms. The molecule has 0 saturated heterocycles. The second-order valence-electron chi connectivity index (χ2n) is 9.69. The molecule has 1 unspecified atom stereocenters. The van der Waals surface area contributed by atoms with Crippen LogP contribution < -0.4 is 5.73 Å². The van der Waals surface area contributed by atoms with Gasteiger partial charge in [-0.2, -0.15) is 0 Å². The molecule has 0 radical (unpaired) electrons. The number of carbonyl (C=O) groups is 1. The lowest BCUT2D eigenvalue weighted by molar-refractivity contribution is -0.778. The Balaban J connectivity index is 1.92. The molecule has 3 N–H and O–H groups in total. The average Bonchev–Trinajstić information content (AvgIpc) is 3.16. The Morgan fingerprint density at radius 3 is 1.91 bits per heavy atom. The summed E-state index contributed by atoms with van der Waals surface area (Å²) in [6.07, 6.45) is 31.7. The minimum Gasteiger partial charge on any atom is -0.477 e.